The van der Waals surface area contributed by atoms with Crippen molar-refractivity contribution in [3.8, 4) is 11.4 Å². The Morgan fingerprint density at radius 3 is 2.88 bits per heavy atom. The SMILES string of the molecule is Cn1cc(C(=O)N2CCCC(c3nc(-c4ccccc4)n[nH]3)C2)cn1. The molecule has 1 saturated heterocycles. The molecule has 7 heteroatoms. The van der Waals surface area contributed by atoms with Gasteiger partial charge in [-0.2, -0.15) is 10.2 Å². The molecule has 1 N–H and O–H groups in total. The van der Waals surface area contributed by atoms with E-state index in [-0.39, 0.29) is 11.8 Å². The highest BCUT2D eigenvalue weighted by molar-refractivity contribution is 5.93. The van der Waals surface area contributed by atoms with Crippen LogP contribution in [0.1, 0.15) is 34.9 Å². The first-order chi connectivity index (χ1) is 12.2. The topological polar surface area (TPSA) is 79.7 Å². The number of nitrogens with one attached hydrogen (secondary N) is 1. The van der Waals surface area contributed by atoms with Gasteiger partial charge < -0.3 is 4.90 Å². The smallest absolute Gasteiger partial charge is 0.257 e. The summed E-state index contributed by atoms with van der Waals surface area (Å²) < 4.78 is 1.65. The average molecular weight is 336 g/mol. The highest BCUT2D eigenvalue weighted by Crippen LogP contribution is 2.26. The molecule has 1 aliphatic rings. The fourth-order valence-electron chi connectivity index (χ4n) is 3.27. The summed E-state index contributed by atoms with van der Waals surface area (Å²) in [4.78, 5) is 19.2. The zero-order valence-corrected chi connectivity index (χ0v) is 14.1. The number of aromatic amines is 1. The van der Waals surface area contributed by atoms with E-state index in [1.54, 1.807) is 17.1 Å². The van der Waals surface area contributed by atoms with Crippen LogP contribution in [0.3, 0.4) is 0 Å². The van der Waals surface area contributed by atoms with E-state index in [0.29, 0.717) is 17.9 Å². The number of aryl methyl sites for hydroxylation is 1. The third kappa shape index (κ3) is 3.17. The van der Waals surface area contributed by atoms with Gasteiger partial charge >= 0.3 is 0 Å². The molecule has 128 valence electrons. The molecule has 0 bridgehead atoms. The largest absolute Gasteiger partial charge is 0.338 e. The van der Waals surface area contributed by atoms with Gasteiger partial charge in [0.2, 0.25) is 0 Å². The molecular weight excluding hydrogens is 316 g/mol. The van der Waals surface area contributed by atoms with Crippen LogP contribution in [0.25, 0.3) is 11.4 Å². The number of benzene rings is 1. The molecule has 4 rings (SSSR count). The second-order valence-corrected chi connectivity index (χ2v) is 6.40. The molecule has 1 amide bonds. The van der Waals surface area contributed by atoms with Crippen molar-refractivity contribution in [2.45, 2.75) is 18.8 Å². The Labute approximate surface area is 145 Å². The number of aromatic nitrogens is 5. The average Bonchev–Trinajstić information content (AvgIpc) is 3.31. The summed E-state index contributed by atoms with van der Waals surface area (Å²) in [5.41, 5.74) is 1.62. The molecule has 1 atom stereocenters. The second kappa shape index (κ2) is 6.51. The molecule has 0 spiro atoms. The fourth-order valence-corrected chi connectivity index (χ4v) is 3.27. The van der Waals surface area contributed by atoms with Crippen LogP contribution in [0.2, 0.25) is 0 Å². The molecule has 3 aromatic rings. The Morgan fingerprint density at radius 2 is 2.12 bits per heavy atom. The predicted octanol–water partition coefficient (Wildman–Crippen LogP) is 2.22. The number of hydrogen-bond donors (Lipinski definition) is 1. The first-order valence-corrected chi connectivity index (χ1v) is 8.46. The van der Waals surface area contributed by atoms with Gasteiger partial charge in [-0.05, 0) is 12.8 Å². The number of nitrogens with zero attached hydrogens (tertiary/aromatic N) is 5. The number of piperidine rings is 1. The summed E-state index contributed by atoms with van der Waals surface area (Å²) in [6.45, 7) is 1.42. The third-order valence-corrected chi connectivity index (χ3v) is 4.58. The van der Waals surface area contributed by atoms with Crippen LogP contribution in [-0.4, -0.2) is 48.9 Å². The van der Waals surface area contributed by atoms with Crippen molar-refractivity contribution in [1.29, 1.82) is 0 Å². The Morgan fingerprint density at radius 1 is 1.28 bits per heavy atom. The van der Waals surface area contributed by atoms with Gasteiger partial charge in [0.1, 0.15) is 5.82 Å². The first-order valence-electron chi connectivity index (χ1n) is 8.46. The summed E-state index contributed by atoms with van der Waals surface area (Å²) in [7, 11) is 1.81. The summed E-state index contributed by atoms with van der Waals surface area (Å²) in [6.07, 6.45) is 5.33. The molecule has 7 nitrogen and oxygen atoms in total. The molecule has 3 heterocycles. The summed E-state index contributed by atoms with van der Waals surface area (Å²) >= 11 is 0. The van der Waals surface area contributed by atoms with Gasteiger partial charge in [-0.1, -0.05) is 30.3 Å². The molecule has 0 saturated carbocycles. The lowest BCUT2D eigenvalue weighted by molar-refractivity contribution is 0.0704. The van der Waals surface area contributed by atoms with Crippen LogP contribution in [-0.2, 0) is 7.05 Å². The summed E-state index contributed by atoms with van der Waals surface area (Å²) in [6, 6.07) is 9.90. The van der Waals surface area contributed by atoms with Gasteiger partial charge in [0.15, 0.2) is 5.82 Å². The quantitative estimate of drug-likeness (QED) is 0.795. The van der Waals surface area contributed by atoms with E-state index in [4.69, 9.17) is 0 Å². The van der Waals surface area contributed by atoms with Crippen molar-refractivity contribution < 1.29 is 4.79 Å². The fraction of sp³-hybridized carbons (Fsp3) is 0.333. The number of hydrogen-bond acceptors (Lipinski definition) is 4. The van der Waals surface area contributed by atoms with Gasteiger partial charge in [0.25, 0.3) is 5.91 Å². The number of carbonyl (C=O) groups is 1. The Kier molecular flexibility index (Phi) is 4.05. The minimum absolute atomic E-state index is 0.0283. The maximum atomic E-state index is 12.6. The minimum Gasteiger partial charge on any atom is -0.338 e. The van der Waals surface area contributed by atoms with Gasteiger partial charge in [-0.3, -0.25) is 14.6 Å². The zero-order chi connectivity index (χ0) is 17.2. The molecule has 1 aliphatic heterocycles. The van der Waals surface area contributed by atoms with Crippen molar-refractivity contribution in [1.82, 2.24) is 29.9 Å². The lowest BCUT2D eigenvalue weighted by Gasteiger charge is -2.31. The maximum absolute atomic E-state index is 12.6. The van der Waals surface area contributed by atoms with Crippen LogP contribution < -0.4 is 0 Å². The van der Waals surface area contributed by atoms with Crippen LogP contribution in [0.15, 0.2) is 42.7 Å². The van der Waals surface area contributed by atoms with E-state index in [2.05, 4.69) is 20.3 Å². The highest BCUT2D eigenvalue weighted by Gasteiger charge is 2.28. The van der Waals surface area contributed by atoms with E-state index in [0.717, 1.165) is 30.8 Å². The van der Waals surface area contributed by atoms with Gasteiger partial charge in [0, 0.05) is 37.8 Å². The van der Waals surface area contributed by atoms with E-state index in [1.165, 1.54) is 0 Å². The Bertz CT molecular complexity index is 869. The van der Waals surface area contributed by atoms with Crippen LogP contribution in [0, 0.1) is 0 Å². The molecule has 1 unspecified atom stereocenters. The van der Waals surface area contributed by atoms with Crippen molar-refractivity contribution >= 4 is 5.91 Å². The van der Waals surface area contributed by atoms with Gasteiger partial charge in [-0.15, -0.1) is 0 Å². The number of amides is 1. The normalized spacial score (nSPS) is 17.6. The first kappa shape index (κ1) is 15.6. The van der Waals surface area contributed by atoms with E-state index >= 15 is 0 Å². The predicted molar refractivity (Wildman–Crippen MR) is 92.9 cm³/mol. The number of carbonyl (C=O) groups excluding carboxylic acids is 1. The van der Waals surface area contributed by atoms with E-state index in [1.807, 2.05) is 42.3 Å². The Hall–Kier alpha value is -2.96. The molecule has 1 aromatic carbocycles. The number of rotatable bonds is 3. The maximum Gasteiger partial charge on any atom is 0.257 e. The second-order valence-electron chi connectivity index (χ2n) is 6.40. The van der Waals surface area contributed by atoms with Crippen LogP contribution in [0.4, 0.5) is 0 Å². The number of likely N-dealkylation sites (tertiary alicyclic amines) is 1. The summed E-state index contributed by atoms with van der Waals surface area (Å²) in [5.74, 6) is 1.76. The van der Waals surface area contributed by atoms with E-state index < -0.39 is 0 Å². The lowest BCUT2D eigenvalue weighted by Crippen LogP contribution is -2.39. The van der Waals surface area contributed by atoms with Crippen molar-refractivity contribution in [3.05, 3.63) is 54.1 Å². The lowest BCUT2D eigenvalue weighted by atomic mass is 9.97. The van der Waals surface area contributed by atoms with Gasteiger partial charge in [-0.25, -0.2) is 4.98 Å². The highest BCUT2D eigenvalue weighted by atomic mass is 16.2. The standard InChI is InChI=1S/C18H20N6O/c1-23-11-15(10-19-23)18(25)24-9-5-8-14(12-24)17-20-16(21-22-17)13-6-3-2-4-7-13/h2-4,6-7,10-11,14H,5,8-9,12H2,1H3,(H,20,21,22). The number of H-pyrrole nitrogens is 1. The molecule has 2 aromatic heterocycles. The molecule has 1 fully saturated rings. The zero-order valence-electron chi connectivity index (χ0n) is 14.1. The minimum atomic E-state index is 0.0283. The molecular formula is C18H20N6O. The van der Waals surface area contributed by atoms with Crippen molar-refractivity contribution in [2.75, 3.05) is 13.1 Å². The van der Waals surface area contributed by atoms with Crippen molar-refractivity contribution in [2.24, 2.45) is 7.05 Å². The monoisotopic (exact) mass is 336 g/mol. The molecule has 0 radical (unpaired) electrons. The molecule has 0 aliphatic carbocycles. The Balaban J connectivity index is 1.50. The van der Waals surface area contributed by atoms with Gasteiger partial charge in [0.05, 0.1) is 11.8 Å². The van der Waals surface area contributed by atoms with E-state index in [9.17, 15) is 4.79 Å². The summed E-state index contributed by atoms with van der Waals surface area (Å²) in [5, 5.41) is 11.5. The van der Waals surface area contributed by atoms with Crippen molar-refractivity contribution in [3.63, 3.8) is 0 Å². The molecule has 25 heavy (non-hydrogen) atoms. The third-order valence-electron chi connectivity index (χ3n) is 4.58. The van der Waals surface area contributed by atoms with Crippen LogP contribution in [0.5, 0.6) is 0 Å². The van der Waals surface area contributed by atoms with Crippen LogP contribution >= 0.6 is 0 Å².